The quantitative estimate of drug-likeness (QED) is 0.184. The Morgan fingerprint density at radius 2 is 0.872 bits per heavy atom. The molecule has 9 aromatic carbocycles. The number of ether oxygens (including phenoxy) is 1. The third-order valence-electron chi connectivity index (χ3n) is 9.83. The Bertz CT molecular complexity index is 2650. The maximum atomic E-state index is 6.47. The van der Waals surface area contributed by atoms with E-state index in [1.54, 1.807) is 0 Å². The van der Waals surface area contributed by atoms with Crippen LogP contribution < -0.4 is 4.74 Å². The standard InChI is InChI=1S/C46H28O/c1-2-12-31-27-32(24-23-29(31)11-1)34-15-3-4-16-35(34)46-38-19-7-5-17-36(38)44(37-18-6-8-20-39(37)46)33-25-26-42-41(28-33)40-21-9-13-30-14-10-22-43(47-42)45(30)40/h1-28H. The second kappa shape index (κ2) is 10.2. The van der Waals surface area contributed by atoms with E-state index < -0.39 is 0 Å². The van der Waals surface area contributed by atoms with E-state index in [2.05, 4.69) is 170 Å². The summed E-state index contributed by atoms with van der Waals surface area (Å²) in [5, 5.41) is 9.85. The molecule has 0 spiro atoms. The van der Waals surface area contributed by atoms with Gasteiger partial charge in [-0.2, -0.15) is 0 Å². The van der Waals surface area contributed by atoms with Gasteiger partial charge in [0, 0.05) is 10.9 Å². The van der Waals surface area contributed by atoms with Gasteiger partial charge in [-0.3, -0.25) is 0 Å². The Kier molecular flexibility index (Phi) is 5.64. The Labute approximate surface area is 272 Å². The summed E-state index contributed by atoms with van der Waals surface area (Å²) in [5.74, 6) is 1.82. The summed E-state index contributed by atoms with van der Waals surface area (Å²) in [6, 6.07) is 61.6. The van der Waals surface area contributed by atoms with Gasteiger partial charge in [0.1, 0.15) is 11.5 Å². The van der Waals surface area contributed by atoms with Crippen LogP contribution in [0.3, 0.4) is 0 Å². The molecule has 9 aromatic rings. The predicted octanol–water partition coefficient (Wildman–Crippen LogP) is 13.1. The highest BCUT2D eigenvalue weighted by Crippen LogP contribution is 2.50. The van der Waals surface area contributed by atoms with Crippen LogP contribution in [0.5, 0.6) is 11.5 Å². The molecule has 0 amide bonds. The van der Waals surface area contributed by atoms with Crippen molar-refractivity contribution in [1.82, 2.24) is 0 Å². The molecule has 0 atom stereocenters. The van der Waals surface area contributed by atoms with E-state index in [9.17, 15) is 0 Å². The van der Waals surface area contributed by atoms with E-state index in [4.69, 9.17) is 4.74 Å². The lowest BCUT2D eigenvalue weighted by atomic mass is 9.83. The van der Waals surface area contributed by atoms with Gasteiger partial charge in [0.05, 0.1) is 0 Å². The van der Waals surface area contributed by atoms with Crippen LogP contribution in [0, 0.1) is 0 Å². The van der Waals surface area contributed by atoms with Gasteiger partial charge in [-0.15, -0.1) is 0 Å². The second-order valence-corrected chi connectivity index (χ2v) is 12.4. The topological polar surface area (TPSA) is 9.23 Å². The largest absolute Gasteiger partial charge is 0.456 e. The first-order chi connectivity index (χ1) is 23.3. The third-order valence-corrected chi connectivity index (χ3v) is 9.83. The van der Waals surface area contributed by atoms with E-state index in [1.165, 1.54) is 82.0 Å². The molecule has 0 saturated heterocycles. The number of benzene rings is 9. The summed E-state index contributed by atoms with van der Waals surface area (Å²) in [6.45, 7) is 0. The van der Waals surface area contributed by atoms with Gasteiger partial charge in [0.25, 0.3) is 0 Å². The smallest absolute Gasteiger partial charge is 0.135 e. The minimum atomic E-state index is 0.898. The Balaban J connectivity index is 1.24. The molecular weight excluding hydrogens is 569 g/mol. The van der Waals surface area contributed by atoms with Gasteiger partial charge < -0.3 is 4.74 Å². The molecular formula is C46H28O. The van der Waals surface area contributed by atoms with E-state index >= 15 is 0 Å². The van der Waals surface area contributed by atoms with Crippen molar-refractivity contribution in [2.24, 2.45) is 0 Å². The van der Waals surface area contributed by atoms with Crippen molar-refractivity contribution in [2.75, 3.05) is 0 Å². The lowest BCUT2D eigenvalue weighted by Crippen LogP contribution is -1.98. The van der Waals surface area contributed by atoms with Crippen molar-refractivity contribution >= 4 is 43.1 Å². The van der Waals surface area contributed by atoms with E-state index in [0.717, 1.165) is 17.1 Å². The fourth-order valence-corrected chi connectivity index (χ4v) is 7.76. The Hall–Kier alpha value is -6.18. The van der Waals surface area contributed by atoms with Crippen molar-refractivity contribution in [3.05, 3.63) is 170 Å². The molecule has 0 aliphatic carbocycles. The first kappa shape index (κ1) is 26.1. The van der Waals surface area contributed by atoms with Crippen LogP contribution in [-0.4, -0.2) is 0 Å². The number of fused-ring (bicyclic) bond motifs is 5. The van der Waals surface area contributed by atoms with Crippen molar-refractivity contribution < 1.29 is 4.74 Å². The molecule has 10 rings (SSSR count). The zero-order valence-electron chi connectivity index (χ0n) is 25.6. The maximum absolute atomic E-state index is 6.47. The SMILES string of the molecule is c1ccc(-c2c3ccccc3c(-c3ccc4c(c3)-c3cccc5cccc(c35)O4)c3ccccc23)c(-c2ccc3ccccc3c2)c1. The molecule has 218 valence electrons. The van der Waals surface area contributed by atoms with Gasteiger partial charge in [-0.05, 0) is 101 Å². The van der Waals surface area contributed by atoms with E-state index in [1.807, 2.05) is 0 Å². The monoisotopic (exact) mass is 596 g/mol. The predicted molar refractivity (Wildman–Crippen MR) is 198 cm³/mol. The van der Waals surface area contributed by atoms with Gasteiger partial charge in [0.15, 0.2) is 0 Å². The lowest BCUT2D eigenvalue weighted by molar-refractivity contribution is 0.487. The molecule has 0 unspecified atom stereocenters. The Morgan fingerprint density at radius 1 is 0.298 bits per heavy atom. The van der Waals surface area contributed by atoms with E-state index in [0.29, 0.717) is 0 Å². The van der Waals surface area contributed by atoms with Gasteiger partial charge >= 0.3 is 0 Å². The zero-order chi connectivity index (χ0) is 30.9. The molecule has 0 fully saturated rings. The second-order valence-electron chi connectivity index (χ2n) is 12.4. The summed E-state index contributed by atoms with van der Waals surface area (Å²) in [6.07, 6.45) is 0. The number of rotatable bonds is 3. The van der Waals surface area contributed by atoms with Crippen molar-refractivity contribution in [3.8, 4) is 56.0 Å². The molecule has 1 heteroatoms. The minimum absolute atomic E-state index is 0.898. The highest BCUT2D eigenvalue weighted by atomic mass is 16.5. The molecule has 0 N–H and O–H groups in total. The van der Waals surface area contributed by atoms with Gasteiger partial charge in [-0.1, -0.05) is 146 Å². The minimum Gasteiger partial charge on any atom is -0.456 e. The highest BCUT2D eigenvalue weighted by molar-refractivity contribution is 6.22. The fraction of sp³-hybridized carbons (Fsp3) is 0. The van der Waals surface area contributed by atoms with Gasteiger partial charge in [0.2, 0.25) is 0 Å². The molecule has 47 heavy (non-hydrogen) atoms. The van der Waals surface area contributed by atoms with Crippen LogP contribution in [-0.2, 0) is 0 Å². The van der Waals surface area contributed by atoms with Gasteiger partial charge in [-0.25, -0.2) is 0 Å². The normalized spacial score (nSPS) is 12.0. The summed E-state index contributed by atoms with van der Waals surface area (Å²) in [5.41, 5.74) is 9.75. The summed E-state index contributed by atoms with van der Waals surface area (Å²) in [7, 11) is 0. The molecule has 1 nitrogen and oxygen atoms in total. The zero-order valence-corrected chi connectivity index (χ0v) is 25.6. The third kappa shape index (κ3) is 3.97. The Morgan fingerprint density at radius 3 is 1.64 bits per heavy atom. The first-order valence-electron chi connectivity index (χ1n) is 16.2. The molecule has 1 heterocycles. The summed E-state index contributed by atoms with van der Waals surface area (Å²) < 4.78 is 6.47. The van der Waals surface area contributed by atoms with Crippen LogP contribution in [0.2, 0.25) is 0 Å². The highest BCUT2D eigenvalue weighted by Gasteiger charge is 2.23. The first-order valence-corrected chi connectivity index (χ1v) is 16.2. The van der Waals surface area contributed by atoms with Crippen LogP contribution in [0.15, 0.2) is 170 Å². The van der Waals surface area contributed by atoms with Crippen LogP contribution in [0.1, 0.15) is 0 Å². The number of hydrogen-bond acceptors (Lipinski definition) is 1. The molecule has 1 aliphatic rings. The number of hydrogen-bond donors (Lipinski definition) is 0. The average Bonchev–Trinajstić information content (AvgIpc) is 3.14. The molecule has 0 aromatic heterocycles. The van der Waals surface area contributed by atoms with Crippen LogP contribution in [0.25, 0.3) is 87.6 Å². The molecule has 1 aliphatic heterocycles. The summed E-state index contributed by atoms with van der Waals surface area (Å²) >= 11 is 0. The molecule has 0 saturated carbocycles. The summed E-state index contributed by atoms with van der Waals surface area (Å²) in [4.78, 5) is 0. The fourth-order valence-electron chi connectivity index (χ4n) is 7.76. The molecule has 0 bridgehead atoms. The van der Waals surface area contributed by atoms with Crippen molar-refractivity contribution in [1.29, 1.82) is 0 Å². The lowest BCUT2D eigenvalue weighted by Gasteiger charge is -2.23. The van der Waals surface area contributed by atoms with Crippen LogP contribution in [0.4, 0.5) is 0 Å². The molecule has 0 radical (unpaired) electrons. The van der Waals surface area contributed by atoms with Crippen molar-refractivity contribution in [3.63, 3.8) is 0 Å². The van der Waals surface area contributed by atoms with E-state index in [-0.39, 0.29) is 0 Å². The van der Waals surface area contributed by atoms with Crippen LogP contribution >= 0.6 is 0 Å². The van der Waals surface area contributed by atoms with Crippen molar-refractivity contribution in [2.45, 2.75) is 0 Å². The average molecular weight is 597 g/mol. The maximum Gasteiger partial charge on any atom is 0.135 e.